The van der Waals surface area contributed by atoms with Gasteiger partial charge in [0.2, 0.25) is 11.8 Å². The van der Waals surface area contributed by atoms with Gasteiger partial charge in [0.05, 0.1) is 23.1 Å². The minimum absolute atomic E-state index is 0.0957. The fourth-order valence-corrected chi connectivity index (χ4v) is 8.70. The maximum atomic E-state index is 13.3. The molecule has 4 fully saturated rings. The molecule has 4 aliphatic rings. The van der Waals surface area contributed by atoms with Crippen molar-refractivity contribution in [3.05, 3.63) is 29.8 Å². The molecule has 0 aromatic heterocycles. The molecule has 1 aromatic rings. The number of hydrogen-bond donors (Lipinski definition) is 0. The van der Waals surface area contributed by atoms with Crippen LogP contribution in [0, 0.1) is 41.4 Å². The summed E-state index contributed by atoms with van der Waals surface area (Å²) in [6, 6.07) is 6.83. The second-order valence-electron chi connectivity index (χ2n) is 10.8. The molecule has 3 aliphatic carbocycles. The molecule has 0 N–H and O–H groups in total. The van der Waals surface area contributed by atoms with E-state index >= 15 is 0 Å². The van der Waals surface area contributed by atoms with Crippen molar-refractivity contribution in [3.63, 3.8) is 0 Å². The molecule has 1 saturated heterocycles. The van der Waals surface area contributed by atoms with Gasteiger partial charge in [-0.2, -0.15) is 0 Å². The molecule has 5 rings (SSSR count). The van der Waals surface area contributed by atoms with Crippen molar-refractivity contribution in [3.8, 4) is 0 Å². The van der Waals surface area contributed by atoms with Gasteiger partial charge in [0.25, 0.3) is 0 Å². The standard InChI is InChI=1S/C26H31Br2NO4/c1-12(2)16-8-7-13(3)9-19(16)33-26(32)14-5-4-6-15(10-14)29-24(30)20-17-11-18(21(20)25(29)31)23(28)22(17)27/h4-6,10,12-13,16-23H,7-9,11H2,1-3H3. The summed E-state index contributed by atoms with van der Waals surface area (Å²) >= 11 is 7.46. The summed E-state index contributed by atoms with van der Waals surface area (Å²) in [4.78, 5) is 41.5. The van der Waals surface area contributed by atoms with E-state index in [1.54, 1.807) is 24.3 Å². The fourth-order valence-electron chi connectivity index (χ4n) is 6.83. The van der Waals surface area contributed by atoms with Crippen molar-refractivity contribution >= 4 is 55.3 Å². The molecule has 1 heterocycles. The Labute approximate surface area is 212 Å². The molecule has 5 nitrogen and oxygen atoms in total. The molecular formula is C26H31Br2NO4. The summed E-state index contributed by atoms with van der Waals surface area (Å²) in [6.07, 6.45) is 3.92. The quantitative estimate of drug-likeness (QED) is 0.265. The van der Waals surface area contributed by atoms with Crippen LogP contribution in [0.2, 0.25) is 0 Å². The minimum Gasteiger partial charge on any atom is -0.458 e. The smallest absolute Gasteiger partial charge is 0.338 e. The van der Waals surface area contributed by atoms with Crippen molar-refractivity contribution < 1.29 is 19.1 Å². The van der Waals surface area contributed by atoms with E-state index in [1.807, 2.05) is 0 Å². The summed E-state index contributed by atoms with van der Waals surface area (Å²) in [5.74, 6) is 0.504. The van der Waals surface area contributed by atoms with Crippen molar-refractivity contribution in [2.24, 2.45) is 41.4 Å². The van der Waals surface area contributed by atoms with E-state index in [4.69, 9.17) is 4.74 Å². The van der Waals surface area contributed by atoms with Gasteiger partial charge in [-0.25, -0.2) is 4.79 Å². The number of imide groups is 1. The molecule has 2 amide bonds. The van der Waals surface area contributed by atoms with Gasteiger partial charge in [-0.15, -0.1) is 0 Å². The van der Waals surface area contributed by atoms with E-state index < -0.39 is 0 Å². The number of carbonyl (C=O) groups is 3. The van der Waals surface area contributed by atoms with Gasteiger partial charge in [-0.3, -0.25) is 14.5 Å². The van der Waals surface area contributed by atoms with Gasteiger partial charge in [0.1, 0.15) is 6.10 Å². The maximum absolute atomic E-state index is 13.3. The summed E-state index contributed by atoms with van der Waals surface area (Å²) < 4.78 is 6.00. The normalized spacial score (nSPS) is 39.9. The molecular weight excluding hydrogens is 550 g/mol. The summed E-state index contributed by atoms with van der Waals surface area (Å²) in [6.45, 7) is 6.58. The maximum Gasteiger partial charge on any atom is 0.338 e. The highest BCUT2D eigenvalue weighted by Gasteiger charge is 2.66. The molecule has 9 atom stereocenters. The summed E-state index contributed by atoms with van der Waals surface area (Å²) in [5.41, 5.74) is 0.869. The molecule has 0 spiro atoms. The third-order valence-electron chi connectivity index (χ3n) is 8.55. The Morgan fingerprint density at radius 2 is 1.67 bits per heavy atom. The van der Waals surface area contributed by atoms with E-state index in [9.17, 15) is 14.4 Å². The molecule has 9 unspecified atom stereocenters. The SMILES string of the molecule is CC1CCC(C(C)C)C(OC(=O)c2cccc(N3C(=O)C4C5CC(C(Br)C5Br)C4C3=O)c2)C1. The second kappa shape index (κ2) is 8.78. The molecule has 1 aromatic carbocycles. The summed E-state index contributed by atoms with van der Waals surface area (Å²) in [7, 11) is 0. The largest absolute Gasteiger partial charge is 0.458 e. The fraction of sp³-hybridized carbons (Fsp3) is 0.654. The van der Waals surface area contributed by atoms with Crippen LogP contribution in [0.15, 0.2) is 24.3 Å². The topological polar surface area (TPSA) is 63.7 Å². The molecule has 7 heteroatoms. The highest BCUT2D eigenvalue weighted by atomic mass is 79.9. The van der Waals surface area contributed by atoms with E-state index in [1.165, 1.54) is 11.3 Å². The third kappa shape index (κ3) is 3.81. The third-order valence-corrected chi connectivity index (χ3v) is 11.8. The zero-order valence-electron chi connectivity index (χ0n) is 19.2. The van der Waals surface area contributed by atoms with Gasteiger partial charge in [0, 0.05) is 9.65 Å². The van der Waals surface area contributed by atoms with Crippen LogP contribution in [-0.2, 0) is 14.3 Å². The number of amides is 2. The van der Waals surface area contributed by atoms with Crippen LogP contribution >= 0.6 is 31.9 Å². The highest BCUT2D eigenvalue weighted by molar-refractivity contribution is 9.12. The predicted molar refractivity (Wildman–Crippen MR) is 133 cm³/mol. The van der Waals surface area contributed by atoms with Gasteiger partial charge in [-0.05, 0) is 67.1 Å². The Hall–Kier alpha value is -1.21. The first-order valence-corrected chi connectivity index (χ1v) is 14.0. The predicted octanol–water partition coefficient (Wildman–Crippen LogP) is 5.59. The molecule has 2 bridgehead atoms. The van der Waals surface area contributed by atoms with E-state index in [0.29, 0.717) is 29.0 Å². The lowest BCUT2D eigenvalue weighted by atomic mass is 9.75. The van der Waals surface area contributed by atoms with Crippen molar-refractivity contribution in [2.45, 2.75) is 62.2 Å². The molecule has 33 heavy (non-hydrogen) atoms. The van der Waals surface area contributed by atoms with E-state index in [0.717, 1.165) is 19.3 Å². The number of benzene rings is 1. The lowest BCUT2D eigenvalue weighted by molar-refractivity contribution is -0.123. The molecule has 1 aliphatic heterocycles. The first-order chi connectivity index (χ1) is 15.7. The van der Waals surface area contributed by atoms with Crippen LogP contribution in [0.25, 0.3) is 0 Å². The van der Waals surface area contributed by atoms with Gasteiger partial charge in [0.15, 0.2) is 0 Å². The first kappa shape index (κ1) is 23.5. The Morgan fingerprint density at radius 3 is 2.27 bits per heavy atom. The Balaban J connectivity index is 1.36. The van der Waals surface area contributed by atoms with Crippen molar-refractivity contribution in [2.75, 3.05) is 4.90 Å². The number of halogens is 2. The van der Waals surface area contributed by atoms with Crippen LogP contribution in [0.4, 0.5) is 5.69 Å². The summed E-state index contributed by atoms with van der Waals surface area (Å²) in [5, 5.41) is 0. The number of alkyl halides is 2. The lowest BCUT2D eigenvalue weighted by Crippen LogP contribution is -2.37. The van der Waals surface area contributed by atoms with Crippen molar-refractivity contribution in [1.82, 2.24) is 0 Å². The van der Waals surface area contributed by atoms with Crippen LogP contribution in [-0.4, -0.2) is 33.5 Å². The number of carbonyl (C=O) groups excluding carboxylic acids is 3. The number of rotatable bonds is 4. The minimum atomic E-state index is -0.373. The Morgan fingerprint density at radius 1 is 1.03 bits per heavy atom. The van der Waals surface area contributed by atoms with E-state index in [2.05, 4.69) is 52.6 Å². The number of anilines is 1. The number of ether oxygens (including phenoxy) is 1. The van der Waals surface area contributed by atoms with Gasteiger partial charge >= 0.3 is 5.97 Å². The molecule has 0 radical (unpaired) electrons. The zero-order chi connectivity index (χ0) is 23.6. The number of nitrogens with zero attached hydrogens (tertiary/aromatic N) is 1. The van der Waals surface area contributed by atoms with Crippen LogP contribution < -0.4 is 4.90 Å². The zero-order valence-corrected chi connectivity index (χ0v) is 22.4. The number of esters is 1. The van der Waals surface area contributed by atoms with E-state index in [-0.39, 0.29) is 57.2 Å². The van der Waals surface area contributed by atoms with Gasteiger partial charge in [-0.1, -0.05) is 65.1 Å². The van der Waals surface area contributed by atoms with Crippen LogP contribution in [0.5, 0.6) is 0 Å². The van der Waals surface area contributed by atoms with Crippen LogP contribution in [0.3, 0.4) is 0 Å². The average molecular weight is 581 g/mol. The second-order valence-corrected chi connectivity index (χ2v) is 13.0. The molecule has 178 valence electrons. The molecule has 3 saturated carbocycles. The average Bonchev–Trinajstić information content (AvgIpc) is 3.38. The lowest BCUT2D eigenvalue weighted by Gasteiger charge is -2.36. The van der Waals surface area contributed by atoms with Crippen LogP contribution in [0.1, 0.15) is 56.8 Å². The van der Waals surface area contributed by atoms with Crippen molar-refractivity contribution in [1.29, 1.82) is 0 Å². The monoisotopic (exact) mass is 579 g/mol. The Bertz CT molecular complexity index is 949. The number of hydrogen-bond acceptors (Lipinski definition) is 4. The van der Waals surface area contributed by atoms with Gasteiger partial charge < -0.3 is 4.74 Å². The highest BCUT2D eigenvalue weighted by Crippen LogP contribution is 2.60. The Kier molecular flexibility index (Phi) is 6.26. The first-order valence-electron chi connectivity index (χ1n) is 12.2. The number of fused-ring (bicyclic) bond motifs is 5.